The Bertz CT molecular complexity index is 706. The minimum Gasteiger partial charge on any atom is -0.425 e. The van der Waals surface area contributed by atoms with Crippen LogP contribution in [0.5, 0.6) is 0 Å². The molecule has 0 fully saturated rings. The van der Waals surface area contributed by atoms with Gasteiger partial charge in [-0.2, -0.15) is 0 Å². The van der Waals surface area contributed by atoms with Crippen LogP contribution in [-0.2, 0) is 17.6 Å². The van der Waals surface area contributed by atoms with Crippen molar-refractivity contribution in [2.45, 2.75) is 52.5 Å². The molecule has 1 aliphatic carbocycles. The third-order valence-electron chi connectivity index (χ3n) is 4.47. The number of hydrogen-bond acceptors (Lipinski definition) is 4. The molecule has 0 saturated carbocycles. The second-order valence-corrected chi connectivity index (χ2v) is 7.08. The predicted octanol–water partition coefficient (Wildman–Crippen LogP) is 3.14. The van der Waals surface area contributed by atoms with Gasteiger partial charge in [0.15, 0.2) is 0 Å². The van der Waals surface area contributed by atoms with Crippen LogP contribution in [-0.4, -0.2) is 16.1 Å². The normalized spacial score (nSPS) is 19.7. The van der Waals surface area contributed by atoms with Gasteiger partial charge in [-0.1, -0.05) is 38.1 Å². The average molecular weight is 313 g/mol. The molecular weight excluding hydrogens is 290 g/mol. The van der Waals surface area contributed by atoms with Gasteiger partial charge in [-0.05, 0) is 35.8 Å². The molecule has 1 heterocycles. The van der Waals surface area contributed by atoms with Gasteiger partial charge in [0, 0.05) is 6.92 Å². The van der Waals surface area contributed by atoms with Crippen LogP contribution in [0.1, 0.15) is 55.6 Å². The van der Waals surface area contributed by atoms with Gasteiger partial charge in [-0.15, -0.1) is 10.2 Å². The lowest BCUT2D eigenvalue weighted by molar-refractivity contribution is -0.121. The summed E-state index contributed by atoms with van der Waals surface area (Å²) in [6, 6.07) is 8.42. The number of carbonyl (C=O) groups excluding carboxylic acids is 1. The van der Waals surface area contributed by atoms with E-state index in [4.69, 9.17) is 4.42 Å². The molecular formula is C18H23N3O2. The Morgan fingerprint density at radius 3 is 2.87 bits per heavy atom. The Labute approximate surface area is 136 Å². The SMILES string of the molecule is Cc1nnc(CC(=O)N[C@H]2CC(C)(C)CCc3ccccc32)o1. The van der Waals surface area contributed by atoms with Gasteiger partial charge in [0.2, 0.25) is 17.7 Å². The van der Waals surface area contributed by atoms with E-state index in [1.54, 1.807) is 6.92 Å². The van der Waals surface area contributed by atoms with Gasteiger partial charge >= 0.3 is 0 Å². The van der Waals surface area contributed by atoms with Crippen molar-refractivity contribution in [1.29, 1.82) is 0 Å². The van der Waals surface area contributed by atoms with Gasteiger partial charge in [-0.3, -0.25) is 4.79 Å². The summed E-state index contributed by atoms with van der Waals surface area (Å²) >= 11 is 0. The summed E-state index contributed by atoms with van der Waals surface area (Å²) < 4.78 is 5.30. The lowest BCUT2D eigenvalue weighted by Gasteiger charge is -2.27. The number of benzene rings is 1. The van der Waals surface area contributed by atoms with Crippen LogP contribution >= 0.6 is 0 Å². The largest absolute Gasteiger partial charge is 0.425 e. The highest BCUT2D eigenvalue weighted by Crippen LogP contribution is 2.39. The number of aryl methyl sites for hydroxylation is 2. The van der Waals surface area contributed by atoms with Crippen LogP contribution in [0.3, 0.4) is 0 Å². The molecule has 0 aliphatic heterocycles. The number of fused-ring (bicyclic) bond motifs is 1. The molecule has 0 radical (unpaired) electrons. The van der Waals surface area contributed by atoms with E-state index in [0.717, 1.165) is 19.3 Å². The summed E-state index contributed by atoms with van der Waals surface area (Å²) in [4.78, 5) is 12.4. The zero-order valence-electron chi connectivity index (χ0n) is 13.9. The van der Waals surface area contributed by atoms with Crippen LogP contribution < -0.4 is 5.32 Å². The van der Waals surface area contributed by atoms with Gasteiger partial charge in [-0.25, -0.2) is 0 Å². The quantitative estimate of drug-likeness (QED) is 0.884. The number of nitrogens with zero attached hydrogens (tertiary/aromatic N) is 2. The maximum atomic E-state index is 12.4. The maximum Gasteiger partial charge on any atom is 0.229 e. The van der Waals surface area contributed by atoms with Crippen molar-refractivity contribution in [1.82, 2.24) is 15.5 Å². The van der Waals surface area contributed by atoms with Crippen molar-refractivity contribution in [3.05, 3.63) is 47.2 Å². The fourth-order valence-corrected chi connectivity index (χ4v) is 3.26. The lowest BCUT2D eigenvalue weighted by Crippen LogP contribution is -2.32. The second-order valence-electron chi connectivity index (χ2n) is 7.08. The molecule has 1 amide bonds. The molecule has 0 spiro atoms. The van der Waals surface area contributed by atoms with Crippen molar-refractivity contribution in [2.75, 3.05) is 0 Å². The molecule has 23 heavy (non-hydrogen) atoms. The fraction of sp³-hybridized carbons (Fsp3) is 0.500. The van der Waals surface area contributed by atoms with Crippen LogP contribution in [0.15, 0.2) is 28.7 Å². The van der Waals surface area contributed by atoms with Crippen LogP contribution in [0, 0.1) is 12.3 Å². The van der Waals surface area contributed by atoms with Crippen LogP contribution in [0.2, 0.25) is 0 Å². The molecule has 122 valence electrons. The van der Waals surface area contributed by atoms with E-state index in [-0.39, 0.29) is 23.8 Å². The molecule has 1 aromatic heterocycles. The molecule has 1 atom stereocenters. The predicted molar refractivity (Wildman–Crippen MR) is 86.8 cm³/mol. The molecule has 1 aromatic carbocycles. The molecule has 0 bridgehead atoms. The van der Waals surface area contributed by atoms with E-state index >= 15 is 0 Å². The fourth-order valence-electron chi connectivity index (χ4n) is 3.26. The highest BCUT2D eigenvalue weighted by Gasteiger charge is 2.30. The van der Waals surface area contributed by atoms with E-state index in [1.807, 2.05) is 6.07 Å². The number of aromatic nitrogens is 2. The summed E-state index contributed by atoms with van der Waals surface area (Å²) in [6.45, 7) is 6.25. The second kappa shape index (κ2) is 6.14. The Morgan fingerprint density at radius 1 is 1.35 bits per heavy atom. The van der Waals surface area contributed by atoms with Crippen LogP contribution in [0.25, 0.3) is 0 Å². The number of nitrogens with one attached hydrogen (secondary N) is 1. The molecule has 2 aromatic rings. The van der Waals surface area contributed by atoms with Gasteiger partial charge in [0.05, 0.1) is 6.04 Å². The zero-order chi connectivity index (χ0) is 16.4. The molecule has 1 aliphatic rings. The zero-order valence-corrected chi connectivity index (χ0v) is 13.9. The van der Waals surface area contributed by atoms with E-state index in [2.05, 4.69) is 47.6 Å². The summed E-state index contributed by atoms with van der Waals surface area (Å²) in [5.41, 5.74) is 2.75. The van der Waals surface area contributed by atoms with E-state index in [1.165, 1.54) is 11.1 Å². The number of carbonyl (C=O) groups is 1. The van der Waals surface area contributed by atoms with Crippen LogP contribution in [0.4, 0.5) is 0 Å². The molecule has 0 saturated heterocycles. The first kappa shape index (κ1) is 15.7. The Balaban J connectivity index is 1.77. The minimum atomic E-state index is -0.0776. The Hall–Kier alpha value is -2.17. The molecule has 5 heteroatoms. The summed E-state index contributed by atoms with van der Waals surface area (Å²) in [5.74, 6) is 0.765. The average Bonchev–Trinajstić information content (AvgIpc) is 2.84. The van der Waals surface area contributed by atoms with Gasteiger partial charge in [0.25, 0.3) is 0 Å². The highest BCUT2D eigenvalue weighted by atomic mass is 16.4. The maximum absolute atomic E-state index is 12.4. The minimum absolute atomic E-state index is 0.0280. The van der Waals surface area contributed by atoms with Crippen molar-refractivity contribution in [2.24, 2.45) is 5.41 Å². The highest BCUT2D eigenvalue weighted by molar-refractivity contribution is 5.78. The monoisotopic (exact) mass is 313 g/mol. The smallest absolute Gasteiger partial charge is 0.229 e. The van der Waals surface area contributed by atoms with Crippen molar-refractivity contribution < 1.29 is 9.21 Å². The number of rotatable bonds is 3. The Kier molecular flexibility index (Phi) is 4.20. The van der Waals surface area contributed by atoms with Gasteiger partial charge in [0.1, 0.15) is 6.42 Å². The van der Waals surface area contributed by atoms with E-state index in [0.29, 0.717) is 11.8 Å². The summed E-state index contributed by atoms with van der Waals surface area (Å²) in [6.07, 6.45) is 3.23. The Morgan fingerprint density at radius 2 is 2.13 bits per heavy atom. The van der Waals surface area contributed by atoms with E-state index < -0.39 is 0 Å². The van der Waals surface area contributed by atoms with Crippen molar-refractivity contribution in [3.63, 3.8) is 0 Å². The van der Waals surface area contributed by atoms with Gasteiger partial charge < -0.3 is 9.73 Å². The number of amides is 1. The summed E-state index contributed by atoms with van der Waals surface area (Å²) in [5, 5.41) is 10.8. The standard InChI is InChI=1S/C18H23N3O2/c1-12-20-21-17(23-12)10-16(22)19-15-11-18(2,3)9-8-13-6-4-5-7-14(13)15/h4-7,15H,8-11H2,1-3H3,(H,19,22)/t15-/m0/s1. The summed E-state index contributed by atoms with van der Waals surface area (Å²) in [7, 11) is 0. The van der Waals surface area contributed by atoms with Crippen molar-refractivity contribution in [3.8, 4) is 0 Å². The third-order valence-corrected chi connectivity index (χ3v) is 4.47. The first-order chi connectivity index (χ1) is 10.9. The first-order valence-electron chi connectivity index (χ1n) is 8.09. The van der Waals surface area contributed by atoms with Crippen molar-refractivity contribution >= 4 is 5.91 Å². The topological polar surface area (TPSA) is 68.0 Å². The van der Waals surface area contributed by atoms with E-state index in [9.17, 15) is 4.79 Å². The molecule has 5 nitrogen and oxygen atoms in total. The molecule has 0 unspecified atom stereocenters. The molecule has 1 N–H and O–H groups in total. The molecule has 3 rings (SSSR count). The lowest BCUT2D eigenvalue weighted by atomic mass is 9.83. The third kappa shape index (κ3) is 3.78. The number of hydrogen-bond donors (Lipinski definition) is 1. The first-order valence-corrected chi connectivity index (χ1v) is 8.09.